The molecular formula is C19H25BO6S. The van der Waals surface area contributed by atoms with E-state index in [-0.39, 0.29) is 22.2 Å². The van der Waals surface area contributed by atoms with Gasteiger partial charge in [0.15, 0.2) is 22.9 Å². The van der Waals surface area contributed by atoms with Crippen molar-refractivity contribution in [2.45, 2.75) is 45.8 Å². The van der Waals surface area contributed by atoms with E-state index >= 15 is 0 Å². The Labute approximate surface area is 164 Å². The molecule has 0 saturated carbocycles. The lowest BCUT2D eigenvalue weighted by Gasteiger charge is -2.32. The summed E-state index contributed by atoms with van der Waals surface area (Å²) in [6, 6.07) is 3.17. The fraction of sp³-hybridized carbons (Fsp3) is 0.474. The van der Waals surface area contributed by atoms with Crippen molar-refractivity contribution in [3.8, 4) is 11.5 Å². The van der Waals surface area contributed by atoms with E-state index in [0.29, 0.717) is 17.6 Å². The SMILES string of the molecule is COc1cc(C=C(CSC(C)=O)B2OC(C)(C)C(C)(C)O2)cc(C=O)c1O. The van der Waals surface area contributed by atoms with Crippen LogP contribution in [0.25, 0.3) is 6.08 Å². The molecule has 0 atom stereocenters. The maximum atomic E-state index is 11.5. The number of aldehydes is 1. The number of methoxy groups -OCH3 is 1. The molecule has 0 unspecified atom stereocenters. The summed E-state index contributed by atoms with van der Waals surface area (Å²) in [5.74, 6) is 0.365. The van der Waals surface area contributed by atoms with Gasteiger partial charge in [0.2, 0.25) is 0 Å². The molecule has 0 amide bonds. The minimum absolute atomic E-state index is 0.0192. The number of carbonyl (C=O) groups excluding carboxylic acids is 2. The molecular weight excluding hydrogens is 367 g/mol. The summed E-state index contributed by atoms with van der Waals surface area (Å²) in [6.45, 7) is 9.32. The summed E-state index contributed by atoms with van der Waals surface area (Å²) in [6.07, 6.45) is 2.36. The maximum absolute atomic E-state index is 11.5. The van der Waals surface area contributed by atoms with Gasteiger partial charge in [-0.15, -0.1) is 0 Å². The van der Waals surface area contributed by atoms with Crippen LogP contribution < -0.4 is 4.74 Å². The van der Waals surface area contributed by atoms with E-state index in [0.717, 1.165) is 17.2 Å². The zero-order chi connectivity index (χ0) is 20.4. The van der Waals surface area contributed by atoms with Gasteiger partial charge in [0.25, 0.3) is 0 Å². The second-order valence-electron chi connectivity index (χ2n) is 7.37. The molecule has 1 aromatic rings. The number of carbonyl (C=O) groups is 2. The highest BCUT2D eigenvalue weighted by molar-refractivity contribution is 8.13. The fourth-order valence-electron chi connectivity index (χ4n) is 2.55. The number of hydrogen-bond acceptors (Lipinski definition) is 7. The number of ether oxygens (including phenoxy) is 1. The summed E-state index contributed by atoms with van der Waals surface area (Å²) < 4.78 is 17.3. The van der Waals surface area contributed by atoms with E-state index in [9.17, 15) is 14.7 Å². The Morgan fingerprint density at radius 1 is 1.26 bits per heavy atom. The molecule has 2 rings (SSSR count). The second kappa shape index (κ2) is 8.08. The third-order valence-corrected chi connectivity index (χ3v) is 5.71. The Morgan fingerprint density at radius 3 is 2.33 bits per heavy atom. The van der Waals surface area contributed by atoms with Crippen LogP contribution in [0.15, 0.2) is 17.6 Å². The summed E-state index contributed by atoms with van der Waals surface area (Å²) in [7, 11) is 0.791. The molecule has 1 fully saturated rings. The molecule has 0 aromatic heterocycles. The molecule has 146 valence electrons. The molecule has 0 aliphatic carbocycles. The predicted octanol–water partition coefficient (Wildman–Crippen LogP) is 3.51. The van der Waals surface area contributed by atoms with Gasteiger partial charge in [-0.25, -0.2) is 0 Å². The predicted molar refractivity (Wildman–Crippen MR) is 107 cm³/mol. The second-order valence-corrected chi connectivity index (χ2v) is 8.52. The topological polar surface area (TPSA) is 82.1 Å². The van der Waals surface area contributed by atoms with Crippen LogP contribution in [0.4, 0.5) is 0 Å². The van der Waals surface area contributed by atoms with Crippen molar-refractivity contribution in [1.82, 2.24) is 0 Å². The van der Waals surface area contributed by atoms with Gasteiger partial charge >= 0.3 is 7.12 Å². The number of phenolic OH excluding ortho intramolecular Hbond substituents is 1. The Morgan fingerprint density at radius 2 is 1.85 bits per heavy atom. The first-order valence-corrected chi connectivity index (χ1v) is 9.55. The van der Waals surface area contributed by atoms with Gasteiger partial charge in [-0.05, 0) is 50.9 Å². The average Bonchev–Trinajstić information content (AvgIpc) is 2.80. The lowest BCUT2D eigenvalue weighted by molar-refractivity contribution is -0.109. The van der Waals surface area contributed by atoms with Gasteiger partial charge in [0.1, 0.15) is 0 Å². The smallest absolute Gasteiger partial charge is 0.491 e. The zero-order valence-electron chi connectivity index (χ0n) is 16.5. The highest BCUT2D eigenvalue weighted by atomic mass is 32.2. The van der Waals surface area contributed by atoms with E-state index in [1.807, 2.05) is 27.7 Å². The summed E-state index contributed by atoms with van der Waals surface area (Å²) >= 11 is 1.15. The molecule has 0 spiro atoms. The number of benzene rings is 1. The van der Waals surface area contributed by atoms with Crippen molar-refractivity contribution >= 4 is 36.4 Å². The summed E-state index contributed by atoms with van der Waals surface area (Å²) in [4.78, 5) is 22.7. The van der Waals surface area contributed by atoms with Gasteiger partial charge in [-0.1, -0.05) is 17.8 Å². The van der Waals surface area contributed by atoms with E-state index in [4.69, 9.17) is 14.0 Å². The molecule has 1 N–H and O–H groups in total. The minimum Gasteiger partial charge on any atom is -0.504 e. The molecule has 8 heteroatoms. The molecule has 6 nitrogen and oxygen atoms in total. The number of rotatable bonds is 6. The van der Waals surface area contributed by atoms with Gasteiger partial charge in [-0.2, -0.15) is 0 Å². The molecule has 1 aliphatic heterocycles. The monoisotopic (exact) mass is 392 g/mol. The van der Waals surface area contributed by atoms with Gasteiger partial charge in [-0.3, -0.25) is 9.59 Å². The lowest BCUT2D eigenvalue weighted by atomic mass is 9.78. The van der Waals surface area contributed by atoms with E-state index in [1.165, 1.54) is 14.0 Å². The summed E-state index contributed by atoms with van der Waals surface area (Å²) in [5, 5.41) is 9.98. The first kappa shape index (κ1) is 21.5. The van der Waals surface area contributed by atoms with Gasteiger partial charge < -0.3 is 19.2 Å². The lowest BCUT2D eigenvalue weighted by Crippen LogP contribution is -2.41. The van der Waals surface area contributed by atoms with Crippen molar-refractivity contribution in [2.24, 2.45) is 0 Å². The van der Waals surface area contributed by atoms with Gasteiger partial charge in [0, 0.05) is 12.7 Å². The highest BCUT2D eigenvalue weighted by Gasteiger charge is 2.52. The largest absolute Gasteiger partial charge is 0.504 e. The first-order valence-electron chi connectivity index (χ1n) is 8.56. The highest BCUT2D eigenvalue weighted by Crippen LogP contribution is 2.40. The van der Waals surface area contributed by atoms with Gasteiger partial charge in [0.05, 0.1) is 23.9 Å². The zero-order valence-corrected chi connectivity index (χ0v) is 17.3. The normalized spacial score (nSPS) is 18.4. The van der Waals surface area contributed by atoms with E-state index in [2.05, 4.69) is 0 Å². The Hall–Kier alpha value is -1.77. The minimum atomic E-state index is -0.624. The summed E-state index contributed by atoms with van der Waals surface area (Å²) in [5.41, 5.74) is 0.475. The Bertz CT molecular complexity index is 756. The van der Waals surface area contributed by atoms with Crippen LogP contribution in [-0.2, 0) is 14.1 Å². The van der Waals surface area contributed by atoms with Crippen LogP contribution in [0.3, 0.4) is 0 Å². The number of hydrogen-bond donors (Lipinski definition) is 1. The average molecular weight is 392 g/mol. The van der Waals surface area contributed by atoms with Crippen LogP contribution >= 0.6 is 11.8 Å². The number of phenols is 1. The van der Waals surface area contributed by atoms with Crippen molar-refractivity contribution < 1.29 is 28.7 Å². The molecule has 1 aliphatic rings. The van der Waals surface area contributed by atoms with Crippen molar-refractivity contribution in [2.75, 3.05) is 12.9 Å². The molecule has 1 aromatic carbocycles. The van der Waals surface area contributed by atoms with E-state index in [1.54, 1.807) is 18.2 Å². The molecule has 0 bridgehead atoms. The standard InChI is InChI=1S/C19H25BO6S/c1-12(22)27-11-15(20-25-18(2,3)19(4,5)26-20)8-13-7-14(10-21)17(23)16(9-13)24-6/h7-10,23H,11H2,1-6H3. The molecule has 1 saturated heterocycles. The first-order chi connectivity index (χ1) is 12.5. The van der Waals surface area contributed by atoms with Crippen molar-refractivity contribution in [3.63, 3.8) is 0 Å². The molecule has 0 radical (unpaired) electrons. The van der Waals surface area contributed by atoms with Crippen LogP contribution in [0.5, 0.6) is 11.5 Å². The molecule has 1 heterocycles. The third-order valence-electron chi connectivity index (χ3n) is 4.82. The van der Waals surface area contributed by atoms with E-state index < -0.39 is 18.3 Å². The quantitative estimate of drug-likeness (QED) is 0.586. The maximum Gasteiger partial charge on any atom is 0.491 e. The molecule has 27 heavy (non-hydrogen) atoms. The van der Waals surface area contributed by atoms with Crippen LogP contribution in [0.2, 0.25) is 0 Å². The Kier molecular flexibility index (Phi) is 6.45. The fourth-order valence-corrected chi connectivity index (χ4v) is 3.14. The van der Waals surface area contributed by atoms with Crippen LogP contribution in [0, 0.1) is 0 Å². The third kappa shape index (κ3) is 4.75. The number of thioether (sulfide) groups is 1. The van der Waals surface area contributed by atoms with Crippen molar-refractivity contribution in [3.05, 3.63) is 28.7 Å². The van der Waals surface area contributed by atoms with Crippen LogP contribution in [0.1, 0.15) is 50.5 Å². The Balaban J connectivity index is 2.46. The van der Waals surface area contributed by atoms with Crippen molar-refractivity contribution in [1.29, 1.82) is 0 Å². The van der Waals surface area contributed by atoms with Crippen LogP contribution in [-0.4, -0.2) is 47.7 Å². The number of aromatic hydroxyl groups is 1.